The molecule has 2 N–H and O–H groups in total. The van der Waals surface area contributed by atoms with Crippen molar-refractivity contribution in [3.63, 3.8) is 0 Å². The molecule has 1 fully saturated rings. The Morgan fingerprint density at radius 3 is 2.65 bits per heavy atom. The summed E-state index contributed by atoms with van der Waals surface area (Å²) in [7, 11) is 1.53. The van der Waals surface area contributed by atoms with E-state index >= 15 is 0 Å². The largest absolute Gasteiger partial charge is 0.480 e. The molecule has 2 atom stereocenters. The summed E-state index contributed by atoms with van der Waals surface area (Å²) in [5, 5.41) is 4.43. The first-order valence-electron chi connectivity index (χ1n) is 11.0. The number of morpholine rings is 1. The van der Waals surface area contributed by atoms with Gasteiger partial charge in [-0.05, 0) is 43.5 Å². The molecule has 10 nitrogen and oxygen atoms in total. The second kappa shape index (κ2) is 9.06. The Hall–Kier alpha value is -4.05. The van der Waals surface area contributed by atoms with Crippen LogP contribution in [-0.4, -0.2) is 57.3 Å². The van der Waals surface area contributed by atoms with Crippen LogP contribution < -0.4 is 20.5 Å². The highest BCUT2D eigenvalue weighted by atomic mass is 16.5. The van der Waals surface area contributed by atoms with Crippen molar-refractivity contribution in [2.24, 2.45) is 0 Å². The van der Waals surface area contributed by atoms with Crippen molar-refractivity contribution in [2.75, 3.05) is 30.4 Å². The van der Waals surface area contributed by atoms with Crippen LogP contribution in [-0.2, 0) is 4.74 Å². The molecule has 0 bridgehead atoms. The molecule has 0 radical (unpaired) electrons. The van der Waals surface area contributed by atoms with Gasteiger partial charge in [0.05, 0.1) is 54.7 Å². The van der Waals surface area contributed by atoms with Crippen LogP contribution in [0.15, 0.2) is 53.8 Å². The van der Waals surface area contributed by atoms with Crippen molar-refractivity contribution in [3.05, 3.63) is 59.4 Å². The molecule has 10 heteroatoms. The summed E-state index contributed by atoms with van der Waals surface area (Å²) >= 11 is 0. The molecule has 0 aromatic carbocycles. The molecule has 0 aliphatic carbocycles. The van der Waals surface area contributed by atoms with Gasteiger partial charge in [0, 0.05) is 19.3 Å². The predicted molar refractivity (Wildman–Crippen MR) is 130 cm³/mol. The molecule has 34 heavy (non-hydrogen) atoms. The first-order valence-corrected chi connectivity index (χ1v) is 11.0. The fourth-order valence-electron chi connectivity index (χ4n) is 4.15. The van der Waals surface area contributed by atoms with Gasteiger partial charge in [0.25, 0.3) is 5.56 Å². The van der Waals surface area contributed by atoms with E-state index in [2.05, 4.69) is 44.0 Å². The van der Waals surface area contributed by atoms with E-state index in [-0.39, 0.29) is 17.8 Å². The molecule has 174 valence electrons. The van der Waals surface area contributed by atoms with Crippen LogP contribution in [0.4, 0.5) is 17.3 Å². The molecule has 0 saturated carbocycles. The van der Waals surface area contributed by atoms with Gasteiger partial charge in [0.2, 0.25) is 5.88 Å². The van der Waals surface area contributed by atoms with Gasteiger partial charge in [-0.15, -0.1) is 0 Å². The number of rotatable bonds is 5. The third-order valence-electron chi connectivity index (χ3n) is 5.59. The molecule has 5 heterocycles. The Bertz CT molecular complexity index is 1360. The van der Waals surface area contributed by atoms with E-state index in [1.807, 2.05) is 18.2 Å². The minimum absolute atomic E-state index is 0.146. The Kier molecular flexibility index (Phi) is 5.81. The number of aromatic amines is 1. The van der Waals surface area contributed by atoms with Gasteiger partial charge in [-0.25, -0.2) is 15.0 Å². The van der Waals surface area contributed by atoms with Gasteiger partial charge >= 0.3 is 0 Å². The van der Waals surface area contributed by atoms with Gasteiger partial charge in [0.1, 0.15) is 17.3 Å². The predicted octanol–water partition coefficient (Wildman–Crippen LogP) is 3.14. The van der Waals surface area contributed by atoms with Crippen molar-refractivity contribution in [1.82, 2.24) is 24.9 Å². The van der Waals surface area contributed by atoms with E-state index in [0.717, 1.165) is 24.3 Å². The van der Waals surface area contributed by atoms with Crippen LogP contribution in [0.2, 0.25) is 0 Å². The number of hydrogen-bond acceptors (Lipinski definition) is 9. The topological polar surface area (TPSA) is 118 Å². The number of anilines is 3. The lowest BCUT2D eigenvalue weighted by Crippen LogP contribution is -2.45. The molecule has 1 aliphatic heterocycles. The molecular weight excluding hydrogens is 434 g/mol. The number of nitrogens with one attached hydrogen (secondary N) is 2. The number of fused-ring (bicyclic) bond motifs is 1. The number of ether oxygens (including phenoxy) is 2. The molecular formula is C24H25N7O3. The third kappa shape index (κ3) is 4.40. The zero-order chi connectivity index (χ0) is 23.7. The van der Waals surface area contributed by atoms with E-state index in [9.17, 15) is 4.79 Å². The number of aromatic nitrogens is 5. The molecule has 4 aromatic rings. The van der Waals surface area contributed by atoms with Crippen LogP contribution in [0.3, 0.4) is 0 Å². The van der Waals surface area contributed by atoms with E-state index < -0.39 is 0 Å². The van der Waals surface area contributed by atoms with Crippen molar-refractivity contribution in [1.29, 1.82) is 0 Å². The summed E-state index contributed by atoms with van der Waals surface area (Å²) < 4.78 is 11.0. The van der Waals surface area contributed by atoms with Crippen molar-refractivity contribution < 1.29 is 9.47 Å². The van der Waals surface area contributed by atoms with Crippen LogP contribution in [0, 0.1) is 0 Å². The van der Waals surface area contributed by atoms with Crippen LogP contribution in [0.1, 0.15) is 13.8 Å². The van der Waals surface area contributed by atoms with Crippen molar-refractivity contribution in [2.45, 2.75) is 26.1 Å². The van der Waals surface area contributed by atoms with Crippen molar-refractivity contribution >= 4 is 28.1 Å². The monoisotopic (exact) mass is 459 g/mol. The van der Waals surface area contributed by atoms with E-state index in [0.29, 0.717) is 34.2 Å². The second-order valence-electron chi connectivity index (χ2n) is 8.27. The molecule has 2 unspecified atom stereocenters. The zero-order valence-corrected chi connectivity index (χ0v) is 19.1. The lowest BCUT2D eigenvalue weighted by atomic mass is 10.1. The Morgan fingerprint density at radius 2 is 1.91 bits per heavy atom. The standard InChI is InChI=1S/C24H25N7O3/c1-14-12-31(13-15(2)34-14)20-5-4-17(9-27-20)28-23-22-16(6-7-26-24(22)32)8-18(30-23)19-10-25-11-21(29-19)33-3/h4-11,14-15H,12-13H2,1-3H3,(H,26,32)(H,28,30). The van der Waals surface area contributed by atoms with Gasteiger partial charge in [0.15, 0.2) is 0 Å². The van der Waals surface area contributed by atoms with Gasteiger partial charge in [-0.1, -0.05) is 0 Å². The smallest absolute Gasteiger partial charge is 0.259 e. The first-order chi connectivity index (χ1) is 16.5. The normalized spacial score (nSPS) is 18.1. The lowest BCUT2D eigenvalue weighted by molar-refractivity contribution is -0.00545. The molecule has 1 aliphatic rings. The zero-order valence-electron chi connectivity index (χ0n) is 19.1. The number of H-pyrrole nitrogens is 1. The maximum Gasteiger partial charge on any atom is 0.259 e. The summed E-state index contributed by atoms with van der Waals surface area (Å²) in [6.45, 7) is 5.70. The molecule has 0 spiro atoms. The molecule has 1 saturated heterocycles. The number of pyridine rings is 3. The minimum atomic E-state index is -0.239. The van der Waals surface area contributed by atoms with E-state index in [1.165, 1.54) is 13.3 Å². The Morgan fingerprint density at radius 1 is 1.09 bits per heavy atom. The van der Waals surface area contributed by atoms with E-state index in [1.54, 1.807) is 24.7 Å². The minimum Gasteiger partial charge on any atom is -0.480 e. The summed E-state index contributed by atoms with van der Waals surface area (Å²) in [5.41, 5.74) is 1.57. The Balaban J connectivity index is 1.50. The van der Waals surface area contributed by atoms with E-state index in [4.69, 9.17) is 14.5 Å². The number of nitrogens with zero attached hydrogens (tertiary/aromatic N) is 5. The van der Waals surface area contributed by atoms with Crippen LogP contribution >= 0.6 is 0 Å². The highest BCUT2D eigenvalue weighted by molar-refractivity contribution is 5.94. The molecule has 0 amide bonds. The average molecular weight is 460 g/mol. The summed E-state index contributed by atoms with van der Waals surface area (Å²) in [6, 6.07) is 7.51. The fourth-order valence-corrected chi connectivity index (χ4v) is 4.15. The Labute approximate surface area is 196 Å². The van der Waals surface area contributed by atoms with Crippen LogP contribution in [0.25, 0.3) is 22.2 Å². The second-order valence-corrected chi connectivity index (χ2v) is 8.27. The molecule has 5 rings (SSSR count). The SMILES string of the molecule is COc1cncc(-c2cc3cc[nH]c(=O)c3c(Nc3ccc(N4CC(C)OC(C)C4)nc3)n2)n1. The summed E-state index contributed by atoms with van der Waals surface area (Å²) in [5.74, 6) is 1.66. The van der Waals surface area contributed by atoms with Gasteiger partial charge in [-0.2, -0.15) is 0 Å². The maximum atomic E-state index is 12.6. The molecule has 4 aromatic heterocycles. The van der Waals surface area contributed by atoms with Gasteiger partial charge < -0.3 is 24.7 Å². The van der Waals surface area contributed by atoms with Gasteiger partial charge in [-0.3, -0.25) is 9.78 Å². The fraction of sp³-hybridized carbons (Fsp3) is 0.292. The van der Waals surface area contributed by atoms with Crippen LogP contribution in [0.5, 0.6) is 5.88 Å². The average Bonchev–Trinajstić information content (AvgIpc) is 2.84. The lowest BCUT2D eigenvalue weighted by Gasteiger charge is -2.36. The third-order valence-corrected chi connectivity index (χ3v) is 5.59. The number of hydrogen-bond donors (Lipinski definition) is 2. The first kappa shape index (κ1) is 21.8. The quantitative estimate of drug-likeness (QED) is 0.464. The number of methoxy groups -OCH3 is 1. The summed E-state index contributed by atoms with van der Waals surface area (Å²) in [4.78, 5) is 35.5. The highest BCUT2D eigenvalue weighted by Crippen LogP contribution is 2.28. The highest BCUT2D eigenvalue weighted by Gasteiger charge is 2.23. The maximum absolute atomic E-state index is 12.6. The summed E-state index contributed by atoms with van der Waals surface area (Å²) in [6.07, 6.45) is 6.77. The van der Waals surface area contributed by atoms with Crippen molar-refractivity contribution in [3.8, 4) is 17.3 Å².